The van der Waals surface area contributed by atoms with Crippen LogP contribution in [0.1, 0.15) is 28.2 Å². The third-order valence-electron chi connectivity index (χ3n) is 4.70. The van der Waals surface area contributed by atoms with Crippen LogP contribution in [0.2, 0.25) is 0 Å². The Labute approximate surface area is 154 Å². The number of carbonyl (C=O) groups excluding carboxylic acids is 1. The SMILES string of the molecule is COc1ncccc1C(=O)N1CCCN(CCc2cccc(C)n2)CC1. The number of aromatic nitrogens is 2. The molecule has 26 heavy (non-hydrogen) atoms. The van der Waals surface area contributed by atoms with Crippen LogP contribution < -0.4 is 4.74 Å². The van der Waals surface area contributed by atoms with Gasteiger partial charge in [-0.2, -0.15) is 0 Å². The van der Waals surface area contributed by atoms with Crippen LogP contribution in [0, 0.1) is 6.92 Å². The minimum Gasteiger partial charge on any atom is -0.480 e. The highest BCUT2D eigenvalue weighted by atomic mass is 16.5. The highest BCUT2D eigenvalue weighted by molar-refractivity contribution is 5.96. The minimum absolute atomic E-state index is 0.00264. The Morgan fingerprint density at radius 3 is 2.85 bits per heavy atom. The summed E-state index contributed by atoms with van der Waals surface area (Å²) in [5.41, 5.74) is 2.72. The van der Waals surface area contributed by atoms with Crippen molar-refractivity contribution in [3.05, 3.63) is 53.5 Å². The van der Waals surface area contributed by atoms with Crippen molar-refractivity contribution in [2.75, 3.05) is 39.8 Å². The van der Waals surface area contributed by atoms with Crippen LogP contribution in [-0.2, 0) is 6.42 Å². The molecule has 2 aromatic heterocycles. The summed E-state index contributed by atoms with van der Waals surface area (Å²) in [5.74, 6) is 0.390. The van der Waals surface area contributed by atoms with Gasteiger partial charge in [0.05, 0.1) is 7.11 Å². The van der Waals surface area contributed by atoms with E-state index in [4.69, 9.17) is 4.74 Å². The first-order valence-corrected chi connectivity index (χ1v) is 9.10. The van der Waals surface area contributed by atoms with Crippen LogP contribution >= 0.6 is 0 Å². The molecule has 2 aromatic rings. The molecule has 1 amide bonds. The lowest BCUT2D eigenvalue weighted by molar-refractivity contribution is 0.0757. The van der Waals surface area contributed by atoms with Crippen molar-refractivity contribution in [2.45, 2.75) is 19.8 Å². The molecule has 0 aromatic carbocycles. The van der Waals surface area contributed by atoms with E-state index in [-0.39, 0.29) is 5.91 Å². The second-order valence-corrected chi connectivity index (χ2v) is 6.57. The maximum absolute atomic E-state index is 12.8. The molecule has 1 aliphatic heterocycles. The van der Waals surface area contributed by atoms with Gasteiger partial charge in [-0.1, -0.05) is 6.07 Å². The smallest absolute Gasteiger partial charge is 0.259 e. The lowest BCUT2D eigenvalue weighted by Crippen LogP contribution is -2.36. The van der Waals surface area contributed by atoms with E-state index in [1.54, 1.807) is 25.4 Å². The number of carbonyl (C=O) groups is 1. The maximum Gasteiger partial charge on any atom is 0.259 e. The first kappa shape index (κ1) is 18.3. The van der Waals surface area contributed by atoms with E-state index >= 15 is 0 Å². The lowest BCUT2D eigenvalue weighted by Gasteiger charge is -2.22. The van der Waals surface area contributed by atoms with Gasteiger partial charge in [0.25, 0.3) is 5.91 Å². The molecule has 138 valence electrons. The molecular weight excluding hydrogens is 328 g/mol. The number of hydrogen-bond donors (Lipinski definition) is 0. The number of amides is 1. The van der Waals surface area contributed by atoms with Crippen LogP contribution in [0.15, 0.2) is 36.5 Å². The fourth-order valence-corrected chi connectivity index (χ4v) is 3.30. The van der Waals surface area contributed by atoms with Gasteiger partial charge in [0.1, 0.15) is 5.56 Å². The molecule has 6 heteroatoms. The number of hydrogen-bond acceptors (Lipinski definition) is 5. The zero-order valence-corrected chi connectivity index (χ0v) is 15.5. The highest BCUT2D eigenvalue weighted by Crippen LogP contribution is 2.17. The maximum atomic E-state index is 12.8. The van der Waals surface area contributed by atoms with E-state index in [1.807, 2.05) is 17.9 Å². The monoisotopic (exact) mass is 354 g/mol. The predicted molar refractivity (Wildman–Crippen MR) is 100 cm³/mol. The van der Waals surface area contributed by atoms with Gasteiger partial charge >= 0.3 is 0 Å². The van der Waals surface area contributed by atoms with Crippen LogP contribution in [0.3, 0.4) is 0 Å². The Kier molecular flexibility index (Phi) is 6.17. The summed E-state index contributed by atoms with van der Waals surface area (Å²) in [6.07, 6.45) is 3.54. The lowest BCUT2D eigenvalue weighted by atomic mass is 10.2. The zero-order chi connectivity index (χ0) is 18.4. The molecule has 6 nitrogen and oxygen atoms in total. The van der Waals surface area contributed by atoms with Crippen LogP contribution in [-0.4, -0.2) is 65.5 Å². The molecule has 0 saturated carbocycles. The number of pyridine rings is 2. The summed E-state index contributed by atoms with van der Waals surface area (Å²) in [7, 11) is 1.54. The number of methoxy groups -OCH3 is 1. The molecular formula is C20H26N4O2. The average molecular weight is 354 g/mol. The fourth-order valence-electron chi connectivity index (χ4n) is 3.30. The molecule has 0 aliphatic carbocycles. The highest BCUT2D eigenvalue weighted by Gasteiger charge is 2.23. The van der Waals surface area contributed by atoms with E-state index in [0.717, 1.165) is 57.0 Å². The van der Waals surface area contributed by atoms with E-state index in [1.165, 1.54) is 0 Å². The summed E-state index contributed by atoms with van der Waals surface area (Å²) in [6, 6.07) is 9.71. The van der Waals surface area contributed by atoms with Crippen molar-refractivity contribution in [2.24, 2.45) is 0 Å². The first-order chi connectivity index (χ1) is 12.7. The van der Waals surface area contributed by atoms with Gasteiger partial charge in [-0.05, 0) is 44.2 Å². The van der Waals surface area contributed by atoms with Crippen LogP contribution in [0.4, 0.5) is 0 Å². The molecule has 0 radical (unpaired) electrons. The van der Waals surface area contributed by atoms with Crippen molar-refractivity contribution >= 4 is 5.91 Å². The molecule has 0 unspecified atom stereocenters. The van der Waals surface area contributed by atoms with Gasteiger partial charge < -0.3 is 14.5 Å². The van der Waals surface area contributed by atoms with Crippen LogP contribution in [0.25, 0.3) is 0 Å². The Morgan fingerprint density at radius 1 is 1.15 bits per heavy atom. The third kappa shape index (κ3) is 4.58. The van der Waals surface area contributed by atoms with Gasteiger partial charge in [-0.15, -0.1) is 0 Å². The topological polar surface area (TPSA) is 58.6 Å². The Morgan fingerprint density at radius 2 is 2.04 bits per heavy atom. The molecule has 3 rings (SSSR count). The third-order valence-corrected chi connectivity index (χ3v) is 4.70. The van der Waals surface area contributed by atoms with Gasteiger partial charge in [0.15, 0.2) is 0 Å². The van der Waals surface area contributed by atoms with Crippen molar-refractivity contribution < 1.29 is 9.53 Å². The van der Waals surface area contributed by atoms with E-state index < -0.39 is 0 Å². The summed E-state index contributed by atoms with van der Waals surface area (Å²) in [6.45, 7) is 6.34. The summed E-state index contributed by atoms with van der Waals surface area (Å²) >= 11 is 0. The van der Waals surface area contributed by atoms with E-state index in [2.05, 4.69) is 27.0 Å². The van der Waals surface area contributed by atoms with Gasteiger partial charge in [-0.25, -0.2) is 4.98 Å². The minimum atomic E-state index is -0.00264. The predicted octanol–water partition coefficient (Wildman–Crippen LogP) is 2.18. The van der Waals surface area contributed by atoms with Crippen LogP contribution in [0.5, 0.6) is 5.88 Å². The average Bonchev–Trinajstić information content (AvgIpc) is 2.91. The molecule has 0 spiro atoms. The van der Waals surface area contributed by atoms with Crippen molar-refractivity contribution in [3.8, 4) is 5.88 Å². The normalized spacial score (nSPS) is 15.5. The standard InChI is InChI=1S/C20H26N4O2/c1-16-6-3-7-17(22-16)9-13-23-11-5-12-24(15-14-23)20(25)18-8-4-10-21-19(18)26-2/h3-4,6-8,10H,5,9,11-15H2,1-2H3. The zero-order valence-electron chi connectivity index (χ0n) is 15.5. The second kappa shape index (κ2) is 8.76. The van der Waals surface area contributed by atoms with E-state index in [9.17, 15) is 4.79 Å². The molecule has 1 fully saturated rings. The van der Waals surface area contributed by atoms with Crippen molar-refractivity contribution in [1.82, 2.24) is 19.8 Å². The Bertz CT molecular complexity index is 750. The molecule has 1 aliphatic rings. The Balaban J connectivity index is 1.57. The largest absolute Gasteiger partial charge is 0.480 e. The second-order valence-electron chi connectivity index (χ2n) is 6.57. The van der Waals surface area contributed by atoms with Crippen molar-refractivity contribution in [3.63, 3.8) is 0 Å². The molecule has 0 N–H and O–H groups in total. The van der Waals surface area contributed by atoms with Crippen molar-refractivity contribution in [1.29, 1.82) is 0 Å². The quantitative estimate of drug-likeness (QED) is 0.824. The summed E-state index contributed by atoms with van der Waals surface area (Å²) < 4.78 is 5.23. The fraction of sp³-hybridized carbons (Fsp3) is 0.450. The number of nitrogens with zero attached hydrogens (tertiary/aromatic N) is 4. The van der Waals surface area contributed by atoms with Gasteiger partial charge in [-0.3, -0.25) is 9.78 Å². The van der Waals surface area contributed by atoms with Gasteiger partial charge in [0.2, 0.25) is 5.88 Å². The van der Waals surface area contributed by atoms with E-state index in [0.29, 0.717) is 11.4 Å². The first-order valence-electron chi connectivity index (χ1n) is 9.10. The molecule has 0 bridgehead atoms. The molecule has 3 heterocycles. The molecule has 1 saturated heterocycles. The number of rotatable bonds is 5. The summed E-state index contributed by atoms with van der Waals surface area (Å²) in [4.78, 5) is 25.9. The number of aryl methyl sites for hydroxylation is 1. The molecule has 0 atom stereocenters. The number of ether oxygens (including phenoxy) is 1. The summed E-state index contributed by atoms with van der Waals surface area (Å²) in [5, 5.41) is 0. The Hall–Kier alpha value is -2.47. The van der Waals surface area contributed by atoms with Gasteiger partial charge in [0, 0.05) is 50.2 Å².